The Bertz CT molecular complexity index is 576. The van der Waals surface area contributed by atoms with Crippen LogP contribution >= 0.6 is 0 Å². The third kappa shape index (κ3) is 4.77. The van der Waals surface area contributed by atoms with Crippen LogP contribution in [0.1, 0.15) is 32.3 Å². The van der Waals surface area contributed by atoms with Gasteiger partial charge in [-0.1, -0.05) is 12.1 Å². The maximum atomic E-state index is 12.8. The summed E-state index contributed by atoms with van der Waals surface area (Å²) in [4.78, 5) is 18.2. The van der Waals surface area contributed by atoms with Crippen LogP contribution in [0, 0.1) is 5.92 Å². The molecule has 2 aliphatic rings. The predicted molar refractivity (Wildman–Crippen MR) is 103 cm³/mol. The fourth-order valence-electron chi connectivity index (χ4n) is 4.32. The van der Waals surface area contributed by atoms with Crippen molar-refractivity contribution < 1.29 is 19.3 Å². The molecule has 0 aromatic heterocycles. The molecule has 2 fully saturated rings. The van der Waals surface area contributed by atoms with Gasteiger partial charge in [-0.2, -0.15) is 0 Å². The number of piperidine rings is 1. The standard InChI is InChI=1S/C21H33N3O2/c1-3-22-13-15-24(16-14-22)21(25)18-9-11-23(12-10-18)17-19-7-5-6-8-20(19)26-4-2/h5-8,18H,3-4,9-17H2,1-2H3/p+2. The van der Waals surface area contributed by atoms with Gasteiger partial charge in [0.1, 0.15) is 12.3 Å². The molecule has 0 aliphatic carbocycles. The Morgan fingerprint density at radius 3 is 2.42 bits per heavy atom. The molecule has 144 valence electrons. The van der Waals surface area contributed by atoms with Crippen LogP contribution in [-0.2, 0) is 11.3 Å². The fourth-order valence-corrected chi connectivity index (χ4v) is 4.32. The summed E-state index contributed by atoms with van der Waals surface area (Å²) in [7, 11) is 0. The van der Waals surface area contributed by atoms with E-state index >= 15 is 0 Å². The normalized spacial score (nSPS) is 24.5. The summed E-state index contributed by atoms with van der Waals surface area (Å²) in [6, 6.07) is 8.36. The molecule has 0 bridgehead atoms. The van der Waals surface area contributed by atoms with Crippen molar-refractivity contribution >= 4 is 5.91 Å². The van der Waals surface area contributed by atoms with E-state index in [2.05, 4.69) is 30.0 Å². The Kier molecular flexibility index (Phi) is 6.92. The first-order valence-electron chi connectivity index (χ1n) is 10.4. The first-order chi connectivity index (χ1) is 12.7. The summed E-state index contributed by atoms with van der Waals surface area (Å²) in [6.07, 6.45) is 2.04. The van der Waals surface area contributed by atoms with Crippen LogP contribution in [0.3, 0.4) is 0 Å². The number of carbonyl (C=O) groups excluding carboxylic acids is 1. The molecular weight excluding hydrogens is 326 g/mol. The smallest absolute Gasteiger partial charge is 0.226 e. The van der Waals surface area contributed by atoms with Gasteiger partial charge in [0.2, 0.25) is 5.91 Å². The molecule has 3 rings (SSSR count). The number of rotatable bonds is 6. The van der Waals surface area contributed by atoms with Crippen LogP contribution in [0.25, 0.3) is 0 Å². The van der Waals surface area contributed by atoms with E-state index in [0.717, 1.165) is 64.4 Å². The number of quaternary nitrogens is 2. The lowest BCUT2D eigenvalue weighted by atomic mass is 9.94. The molecule has 1 aromatic carbocycles. The molecule has 2 saturated heterocycles. The van der Waals surface area contributed by atoms with Crippen LogP contribution in [0.4, 0.5) is 0 Å². The van der Waals surface area contributed by atoms with E-state index in [1.165, 1.54) is 12.1 Å². The first-order valence-corrected chi connectivity index (χ1v) is 10.4. The maximum Gasteiger partial charge on any atom is 0.226 e. The lowest BCUT2D eigenvalue weighted by Crippen LogP contribution is -3.14. The summed E-state index contributed by atoms with van der Waals surface area (Å²) >= 11 is 0. The van der Waals surface area contributed by atoms with Crippen LogP contribution < -0.4 is 14.5 Å². The molecule has 0 unspecified atom stereocenters. The Hall–Kier alpha value is -1.59. The minimum Gasteiger partial charge on any atom is -0.493 e. The highest BCUT2D eigenvalue weighted by atomic mass is 16.5. The van der Waals surface area contributed by atoms with Gasteiger partial charge in [0.25, 0.3) is 0 Å². The van der Waals surface area contributed by atoms with Crippen molar-refractivity contribution in [2.45, 2.75) is 33.2 Å². The molecule has 26 heavy (non-hydrogen) atoms. The van der Waals surface area contributed by atoms with E-state index in [1.54, 1.807) is 9.80 Å². The van der Waals surface area contributed by atoms with Crippen molar-refractivity contribution in [2.24, 2.45) is 5.92 Å². The van der Waals surface area contributed by atoms with Gasteiger partial charge in [0, 0.05) is 24.3 Å². The lowest BCUT2D eigenvalue weighted by Gasteiger charge is -2.36. The molecule has 5 heteroatoms. The molecule has 1 amide bonds. The summed E-state index contributed by atoms with van der Waals surface area (Å²) in [5.41, 5.74) is 1.28. The number of benzene rings is 1. The van der Waals surface area contributed by atoms with Crippen molar-refractivity contribution in [1.29, 1.82) is 0 Å². The van der Waals surface area contributed by atoms with Crippen LogP contribution in [-0.4, -0.2) is 63.2 Å². The summed E-state index contributed by atoms with van der Waals surface area (Å²) in [5.74, 6) is 1.66. The van der Waals surface area contributed by atoms with E-state index < -0.39 is 0 Å². The van der Waals surface area contributed by atoms with E-state index in [9.17, 15) is 4.79 Å². The highest BCUT2D eigenvalue weighted by Crippen LogP contribution is 2.18. The predicted octanol–water partition coefficient (Wildman–Crippen LogP) is -0.373. The zero-order chi connectivity index (χ0) is 18.4. The van der Waals surface area contributed by atoms with Gasteiger partial charge >= 0.3 is 0 Å². The highest BCUT2D eigenvalue weighted by molar-refractivity contribution is 5.79. The number of nitrogens with one attached hydrogen (secondary N) is 2. The maximum absolute atomic E-state index is 12.8. The largest absolute Gasteiger partial charge is 0.493 e. The summed E-state index contributed by atoms with van der Waals surface area (Å²) < 4.78 is 5.76. The number of hydrogen-bond acceptors (Lipinski definition) is 2. The minimum absolute atomic E-state index is 0.240. The van der Waals surface area contributed by atoms with Crippen LogP contribution in [0.15, 0.2) is 24.3 Å². The van der Waals surface area contributed by atoms with Crippen LogP contribution in [0.2, 0.25) is 0 Å². The van der Waals surface area contributed by atoms with Gasteiger partial charge in [0.05, 0.1) is 52.4 Å². The number of amides is 1. The SMILES string of the molecule is CCOc1ccccc1C[NH+]1CCC(C(=O)N2CC[NH+](CC)CC2)CC1. The molecule has 0 radical (unpaired) electrons. The Labute approximate surface area is 157 Å². The number of carbonyl (C=O) groups is 1. The van der Waals surface area contributed by atoms with Crippen molar-refractivity contribution in [3.8, 4) is 5.75 Å². The molecule has 2 heterocycles. The van der Waals surface area contributed by atoms with E-state index in [4.69, 9.17) is 4.74 Å². The van der Waals surface area contributed by atoms with Crippen molar-refractivity contribution in [1.82, 2.24) is 4.90 Å². The minimum atomic E-state index is 0.240. The van der Waals surface area contributed by atoms with Gasteiger partial charge in [-0.25, -0.2) is 0 Å². The van der Waals surface area contributed by atoms with Crippen molar-refractivity contribution in [3.05, 3.63) is 29.8 Å². The quantitative estimate of drug-likeness (QED) is 0.726. The number of para-hydroxylation sites is 1. The van der Waals surface area contributed by atoms with E-state index in [-0.39, 0.29) is 5.92 Å². The number of piperazine rings is 1. The van der Waals surface area contributed by atoms with Gasteiger partial charge in [-0.3, -0.25) is 4.79 Å². The Balaban J connectivity index is 1.48. The highest BCUT2D eigenvalue weighted by Gasteiger charge is 2.32. The first kappa shape index (κ1) is 19.2. The molecule has 0 atom stereocenters. The summed E-state index contributed by atoms with van der Waals surface area (Å²) in [6.45, 7) is 13.4. The molecule has 2 aliphatic heterocycles. The number of hydrogen-bond donors (Lipinski definition) is 2. The monoisotopic (exact) mass is 361 g/mol. The van der Waals surface area contributed by atoms with Crippen molar-refractivity contribution in [3.63, 3.8) is 0 Å². The number of likely N-dealkylation sites (N-methyl/N-ethyl adjacent to an activating group) is 1. The van der Waals surface area contributed by atoms with Gasteiger partial charge in [-0.05, 0) is 26.0 Å². The third-order valence-corrected chi connectivity index (χ3v) is 6.04. The average Bonchev–Trinajstić information content (AvgIpc) is 2.70. The molecule has 0 spiro atoms. The molecule has 0 saturated carbocycles. The number of nitrogens with zero attached hydrogens (tertiary/aromatic N) is 1. The third-order valence-electron chi connectivity index (χ3n) is 6.04. The zero-order valence-corrected chi connectivity index (χ0v) is 16.4. The van der Waals surface area contributed by atoms with E-state index in [1.807, 2.05) is 13.0 Å². The topological polar surface area (TPSA) is 38.4 Å². The molecule has 1 aromatic rings. The second kappa shape index (κ2) is 9.38. The Morgan fingerprint density at radius 2 is 1.77 bits per heavy atom. The van der Waals surface area contributed by atoms with E-state index in [0.29, 0.717) is 12.5 Å². The molecule has 5 nitrogen and oxygen atoms in total. The second-order valence-electron chi connectivity index (χ2n) is 7.67. The summed E-state index contributed by atoms with van der Waals surface area (Å²) in [5, 5.41) is 0. The zero-order valence-electron chi connectivity index (χ0n) is 16.4. The average molecular weight is 362 g/mol. The van der Waals surface area contributed by atoms with Gasteiger partial charge < -0.3 is 19.4 Å². The number of ether oxygens (including phenoxy) is 1. The van der Waals surface area contributed by atoms with Gasteiger partial charge in [-0.15, -0.1) is 0 Å². The van der Waals surface area contributed by atoms with Crippen LogP contribution in [0.5, 0.6) is 5.75 Å². The van der Waals surface area contributed by atoms with Gasteiger partial charge in [0.15, 0.2) is 0 Å². The van der Waals surface area contributed by atoms with Crippen molar-refractivity contribution in [2.75, 3.05) is 52.4 Å². The molecule has 2 N–H and O–H groups in total. The lowest BCUT2D eigenvalue weighted by molar-refractivity contribution is -0.919. The second-order valence-corrected chi connectivity index (χ2v) is 7.67. The fraction of sp³-hybridized carbons (Fsp3) is 0.667. The number of likely N-dealkylation sites (tertiary alicyclic amines) is 1. The molecular formula is C21H35N3O2+2. The Morgan fingerprint density at radius 1 is 1.08 bits per heavy atom.